The number of nitrogens with one attached hydrogen (secondary N) is 1. The highest BCUT2D eigenvalue weighted by atomic mass is 32.2. The predicted molar refractivity (Wildman–Crippen MR) is 89.5 cm³/mol. The molecule has 0 saturated carbocycles. The van der Waals surface area contributed by atoms with Crippen molar-refractivity contribution in [2.75, 3.05) is 19.6 Å². The predicted octanol–water partition coefficient (Wildman–Crippen LogP) is 0.251. The summed E-state index contributed by atoms with van der Waals surface area (Å²) in [4.78, 5) is 25.2. The molecular weight excluding hydrogens is 330 g/mol. The van der Waals surface area contributed by atoms with E-state index in [4.69, 9.17) is 5.14 Å². The van der Waals surface area contributed by atoms with Crippen molar-refractivity contribution in [2.24, 2.45) is 11.1 Å². The number of nitrogens with two attached hydrogens (primary N) is 1. The maximum Gasteiger partial charge on any atom is 0.238 e. The van der Waals surface area contributed by atoms with E-state index in [1.165, 1.54) is 12.1 Å². The van der Waals surface area contributed by atoms with Gasteiger partial charge in [-0.25, -0.2) is 13.6 Å². The molecule has 1 saturated heterocycles. The van der Waals surface area contributed by atoms with Crippen LogP contribution >= 0.6 is 0 Å². The minimum absolute atomic E-state index is 0.0133. The van der Waals surface area contributed by atoms with Crippen LogP contribution in [0, 0.1) is 5.92 Å². The SMILES string of the molecule is CC(=O)N1CCC(C(=O)NCCc2ccc(S(N)(=O)=O)cc2)CC1. The average molecular weight is 353 g/mol. The molecule has 3 N–H and O–H groups in total. The molecule has 0 aliphatic carbocycles. The van der Waals surface area contributed by atoms with Crippen LogP contribution < -0.4 is 10.5 Å². The Kier molecular flexibility index (Phi) is 5.95. The van der Waals surface area contributed by atoms with E-state index in [0.717, 1.165) is 5.56 Å². The van der Waals surface area contributed by atoms with Gasteiger partial charge in [-0.1, -0.05) is 12.1 Å². The normalized spacial score (nSPS) is 16.0. The van der Waals surface area contributed by atoms with Gasteiger partial charge in [0.05, 0.1) is 4.90 Å². The number of piperidine rings is 1. The van der Waals surface area contributed by atoms with Crippen molar-refractivity contribution in [3.05, 3.63) is 29.8 Å². The number of likely N-dealkylation sites (tertiary alicyclic amines) is 1. The maximum atomic E-state index is 12.1. The molecule has 1 aromatic carbocycles. The van der Waals surface area contributed by atoms with Gasteiger partial charge in [-0.3, -0.25) is 9.59 Å². The van der Waals surface area contributed by atoms with Crippen molar-refractivity contribution in [1.29, 1.82) is 0 Å². The molecular formula is C16H23N3O4S. The molecule has 0 radical (unpaired) electrons. The first-order valence-electron chi connectivity index (χ1n) is 7.92. The summed E-state index contributed by atoms with van der Waals surface area (Å²) in [7, 11) is -3.68. The molecule has 132 valence electrons. The number of sulfonamides is 1. The van der Waals surface area contributed by atoms with Crippen molar-refractivity contribution < 1.29 is 18.0 Å². The Bertz CT molecular complexity index is 693. The van der Waals surface area contributed by atoms with Gasteiger partial charge in [0, 0.05) is 32.5 Å². The van der Waals surface area contributed by atoms with Crippen molar-refractivity contribution in [1.82, 2.24) is 10.2 Å². The Labute approximate surface area is 142 Å². The third-order valence-electron chi connectivity index (χ3n) is 4.28. The first-order chi connectivity index (χ1) is 11.3. The first kappa shape index (κ1) is 18.4. The molecule has 1 aliphatic rings. The summed E-state index contributed by atoms with van der Waals surface area (Å²) in [5.41, 5.74) is 0.925. The van der Waals surface area contributed by atoms with Crippen molar-refractivity contribution in [3.8, 4) is 0 Å². The molecule has 2 rings (SSSR count). The number of carbonyl (C=O) groups excluding carboxylic acids is 2. The zero-order valence-electron chi connectivity index (χ0n) is 13.7. The van der Waals surface area contributed by atoms with E-state index >= 15 is 0 Å². The van der Waals surface area contributed by atoms with E-state index in [1.807, 2.05) is 0 Å². The summed E-state index contributed by atoms with van der Waals surface area (Å²) in [6.07, 6.45) is 1.99. The quantitative estimate of drug-likeness (QED) is 0.791. The monoisotopic (exact) mass is 353 g/mol. The summed E-state index contributed by atoms with van der Waals surface area (Å²) in [5.74, 6) is 0.0153. The topological polar surface area (TPSA) is 110 Å². The number of benzene rings is 1. The van der Waals surface area contributed by atoms with Gasteiger partial charge in [-0.05, 0) is 37.0 Å². The summed E-state index contributed by atoms with van der Waals surface area (Å²) in [6, 6.07) is 6.31. The van der Waals surface area contributed by atoms with Gasteiger partial charge >= 0.3 is 0 Å². The second-order valence-electron chi connectivity index (χ2n) is 6.01. The molecule has 0 unspecified atom stereocenters. The number of amides is 2. The minimum atomic E-state index is -3.68. The van der Waals surface area contributed by atoms with E-state index < -0.39 is 10.0 Å². The van der Waals surface area contributed by atoms with Gasteiger partial charge in [-0.2, -0.15) is 0 Å². The van der Waals surface area contributed by atoms with E-state index in [9.17, 15) is 18.0 Å². The highest BCUT2D eigenvalue weighted by Crippen LogP contribution is 2.17. The molecule has 0 bridgehead atoms. The van der Waals surface area contributed by atoms with Crippen LogP contribution in [0.25, 0.3) is 0 Å². The zero-order valence-corrected chi connectivity index (χ0v) is 14.5. The van der Waals surface area contributed by atoms with Crippen LogP contribution in [0.15, 0.2) is 29.2 Å². The van der Waals surface area contributed by atoms with Gasteiger partial charge in [-0.15, -0.1) is 0 Å². The fourth-order valence-corrected chi connectivity index (χ4v) is 3.29. The fraction of sp³-hybridized carbons (Fsp3) is 0.500. The van der Waals surface area contributed by atoms with Crippen LogP contribution in [0.1, 0.15) is 25.3 Å². The van der Waals surface area contributed by atoms with Crippen molar-refractivity contribution in [3.63, 3.8) is 0 Å². The lowest BCUT2D eigenvalue weighted by Gasteiger charge is -2.30. The highest BCUT2D eigenvalue weighted by molar-refractivity contribution is 7.89. The van der Waals surface area contributed by atoms with E-state index in [0.29, 0.717) is 38.9 Å². The second kappa shape index (κ2) is 7.76. The smallest absolute Gasteiger partial charge is 0.238 e. The average Bonchev–Trinajstić information content (AvgIpc) is 2.54. The number of hydrogen-bond acceptors (Lipinski definition) is 4. The van der Waals surface area contributed by atoms with Crippen LogP contribution in [-0.2, 0) is 26.0 Å². The van der Waals surface area contributed by atoms with Gasteiger partial charge in [0.1, 0.15) is 0 Å². The summed E-state index contributed by atoms with van der Waals surface area (Å²) < 4.78 is 22.4. The summed E-state index contributed by atoms with van der Waals surface area (Å²) in [6.45, 7) is 3.28. The summed E-state index contributed by atoms with van der Waals surface area (Å²) >= 11 is 0. The van der Waals surface area contributed by atoms with Crippen molar-refractivity contribution >= 4 is 21.8 Å². The second-order valence-corrected chi connectivity index (χ2v) is 7.57. The van der Waals surface area contributed by atoms with Gasteiger partial charge in [0.25, 0.3) is 0 Å². The number of hydrogen-bond donors (Lipinski definition) is 2. The summed E-state index contributed by atoms with van der Waals surface area (Å²) in [5, 5.41) is 7.95. The number of primary sulfonamides is 1. The standard InChI is InChI=1S/C16H23N3O4S/c1-12(20)19-10-7-14(8-11-19)16(21)18-9-6-13-2-4-15(5-3-13)24(17,22)23/h2-5,14H,6-11H2,1H3,(H,18,21)(H2,17,22,23). The van der Waals surface area contributed by atoms with Crippen LogP contribution in [0.4, 0.5) is 0 Å². The molecule has 2 amide bonds. The Hall–Kier alpha value is -1.93. The Morgan fingerprint density at radius 1 is 1.21 bits per heavy atom. The zero-order chi connectivity index (χ0) is 17.7. The van der Waals surface area contributed by atoms with Gasteiger partial charge < -0.3 is 10.2 Å². The number of nitrogens with zero attached hydrogens (tertiary/aromatic N) is 1. The molecule has 7 nitrogen and oxygen atoms in total. The molecule has 1 heterocycles. The maximum absolute atomic E-state index is 12.1. The van der Waals surface area contributed by atoms with Crippen molar-refractivity contribution in [2.45, 2.75) is 31.1 Å². The van der Waals surface area contributed by atoms with Crippen LogP contribution in [0.2, 0.25) is 0 Å². The highest BCUT2D eigenvalue weighted by Gasteiger charge is 2.25. The molecule has 0 aromatic heterocycles. The van der Waals surface area contributed by atoms with E-state index in [1.54, 1.807) is 24.0 Å². The van der Waals surface area contributed by atoms with E-state index in [2.05, 4.69) is 5.32 Å². The Morgan fingerprint density at radius 2 is 1.79 bits per heavy atom. The van der Waals surface area contributed by atoms with Crippen LogP contribution in [0.3, 0.4) is 0 Å². The number of carbonyl (C=O) groups is 2. The van der Waals surface area contributed by atoms with E-state index in [-0.39, 0.29) is 22.6 Å². The lowest BCUT2D eigenvalue weighted by Crippen LogP contribution is -2.42. The molecule has 1 aliphatic heterocycles. The lowest BCUT2D eigenvalue weighted by atomic mass is 9.96. The molecule has 0 atom stereocenters. The van der Waals surface area contributed by atoms with Crippen LogP contribution in [-0.4, -0.2) is 44.8 Å². The van der Waals surface area contributed by atoms with Gasteiger partial charge in [0.2, 0.25) is 21.8 Å². The fourth-order valence-electron chi connectivity index (χ4n) is 2.78. The molecule has 1 aromatic rings. The van der Waals surface area contributed by atoms with Crippen LogP contribution in [0.5, 0.6) is 0 Å². The molecule has 0 spiro atoms. The Balaban J connectivity index is 1.76. The molecule has 8 heteroatoms. The number of rotatable bonds is 5. The Morgan fingerprint density at radius 3 is 2.29 bits per heavy atom. The molecule has 24 heavy (non-hydrogen) atoms. The third kappa shape index (κ3) is 5.04. The molecule has 1 fully saturated rings. The lowest BCUT2D eigenvalue weighted by molar-refractivity contribution is -0.133. The largest absolute Gasteiger partial charge is 0.356 e. The van der Waals surface area contributed by atoms with Gasteiger partial charge in [0.15, 0.2) is 0 Å². The first-order valence-corrected chi connectivity index (χ1v) is 9.47. The minimum Gasteiger partial charge on any atom is -0.356 e. The third-order valence-corrected chi connectivity index (χ3v) is 5.21.